The lowest BCUT2D eigenvalue weighted by molar-refractivity contribution is -0.142. The van der Waals surface area contributed by atoms with Gasteiger partial charge in [-0.05, 0) is 57.7 Å². The molecule has 0 fully saturated rings. The molecule has 2 unspecified atom stereocenters. The van der Waals surface area contributed by atoms with Crippen LogP contribution in [0.15, 0.2) is 48.5 Å². The molecule has 0 radical (unpaired) electrons. The monoisotopic (exact) mass is 555 g/mol. The normalized spacial score (nSPS) is 12.8. The van der Waals surface area contributed by atoms with Crippen LogP contribution in [-0.2, 0) is 20.9 Å². The van der Waals surface area contributed by atoms with Gasteiger partial charge in [-0.2, -0.15) is 12.6 Å². The lowest BCUT2D eigenvalue weighted by Gasteiger charge is -2.35. The summed E-state index contributed by atoms with van der Waals surface area (Å²) in [5.41, 5.74) is 2.92. The van der Waals surface area contributed by atoms with Gasteiger partial charge in [0.2, 0.25) is 11.8 Å². The highest BCUT2D eigenvalue weighted by Crippen LogP contribution is 2.27. The van der Waals surface area contributed by atoms with E-state index in [1.807, 2.05) is 62.4 Å². The Labute approximate surface area is 239 Å². The van der Waals surface area contributed by atoms with Crippen LogP contribution in [0.3, 0.4) is 0 Å². The van der Waals surface area contributed by atoms with Gasteiger partial charge in [-0.25, -0.2) is 4.79 Å². The van der Waals surface area contributed by atoms with Crippen molar-refractivity contribution in [3.8, 4) is 0 Å². The minimum atomic E-state index is -0.955. The van der Waals surface area contributed by atoms with Gasteiger partial charge < -0.3 is 20.3 Å². The molecule has 2 aromatic rings. The number of nitrogens with one attached hydrogen (secondary N) is 2. The molecular weight excluding hydrogens is 510 g/mol. The second kappa shape index (κ2) is 15.6. The van der Waals surface area contributed by atoms with Crippen molar-refractivity contribution in [2.24, 2.45) is 0 Å². The Hall–Kier alpha value is -3.00. The predicted octanol–water partition coefficient (Wildman–Crippen LogP) is 5.89. The van der Waals surface area contributed by atoms with Crippen molar-refractivity contribution in [1.29, 1.82) is 0 Å². The summed E-state index contributed by atoms with van der Waals surface area (Å²) in [6.07, 6.45) is 3.04. The van der Waals surface area contributed by atoms with Crippen LogP contribution in [0.4, 0.5) is 4.79 Å². The van der Waals surface area contributed by atoms with Crippen LogP contribution in [0.25, 0.3) is 0 Å². The van der Waals surface area contributed by atoms with Gasteiger partial charge in [0.1, 0.15) is 17.7 Å². The smallest absolute Gasteiger partial charge is 0.408 e. The Morgan fingerprint density at radius 2 is 1.69 bits per heavy atom. The van der Waals surface area contributed by atoms with Gasteiger partial charge in [-0.15, -0.1) is 0 Å². The number of amides is 3. The quantitative estimate of drug-likeness (QED) is 0.212. The molecule has 39 heavy (non-hydrogen) atoms. The molecule has 2 N–H and O–H groups in total. The number of benzene rings is 2. The fourth-order valence-corrected chi connectivity index (χ4v) is 4.55. The number of alkyl carbamates (subject to hydrolysis) is 1. The Morgan fingerprint density at radius 3 is 2.31 bits per heavy atom. The molecule has 0 heterocycles. The molecule has 2 atom stereocenters. The van der Waals surface area contributed by atoms with Crippen molar-refractivity contribution in [1.82, 2.24) is 15.5 Å². The second-order valence-electron chi connectivity index (χ2n) is 10.9. The average molecular weight is 556 g/mol. The maximum atomic E-state index is 14.1. The number of hydrogen-bond acceptors (Lipinski definition) is 5. The van der Waals surface area contributed by atoms with E-state index in [2.05, 4.69) is 30.2 Å². The third kappa shape index (κ3) is 10.6. The third-order valence-corrected chi connectivity index (χ3v) is 6.67. The van der Waals surface area contributed by atoms with Crippen LogP contribution in [0.5, 0.6) is 0 Å². The van der Waals surface area contributed by atoms with Crippen molar-refractivity contribution in [3.63, 3.8) is 0 Å². The van der Waals surface area contributed by atoms with Crippen molar-refractivity contribution in [2.45, 2.75) is 91.5 Å². The second-order valence-corrected chi connectivity index (χ2v) is 11.3. The SMILES string of the molecule is CCCCCCN(C(=O)C(CS)NC(=O)OC(C)(C)C)C(C(=O)NCc1ccccc1)c1cc(C)ccc1C. The topological polar surface area (TPSA) is 87.7 Å². The summed E-state index contributed by atoms with van der Waals surface area (Å²) in [6.45, 7) is 12.0. The van der Waals surface area contributed by atoms with E-state index < -0.39 is 23.8 Å². The zero-order chi connectivity index (χ0) is 29.0. The number of hydrogen-bond donors (Lipinski definition) is 3. The molecule has 0 aromatic heterocycles. The highest BCUT2D eigenvalue weighted by molar-refractivity contribution is 7.80. The van der Waals surface area contributed by atoms with E-state index in [9.17, 15) is 14.4 Å². The number of rotatable bonds is 13. The number of nitrogens with zero attached hydrogens (tertiary/aromatic N) is 1. The van der Waals surface area contributed by atoms with E-state index in [-0.39, 0.29) is 17.6 Å². The van der Waals surface area contributed by atoms with Crippen molar-refractivity contribution >= 4 is 30.5 Å². The number of unbranched alkanes of at least 4 members (excludes halogenated alkanes) is 3. The number of carbonyl (C=O) groups is 3. The van der Waals surface area contributed by atoms with Gasteiger partial charge in [0.25, 0.3) is 0 Å². The highest BCUT2D eigenvalue weighted by atomic mass is 32.1. The van der Waals surface area contributed by atoms with E-state index in [1.54, 1.807) is 25.7 Å². The molecule has 0 aliphatic rings. The molecule has 7 nitrogen and oxygen atoms in total. The number of thiol groups is 1. The van der Waals surface area contributed by atoms with Gasteiger partial charge >= 0.3 is 6.09 Å². The molecule has 0 bridgehead atoms. The lowest BCUT2D eigenvalue weighted by atomic mass is 9.95. The van der Waals surface area contributed by atoms with Crippen LogP contribution in [0.1, 0.15) is 81.7 Å². The summed E-state index contributed by atoms with van der Waals surface area (Å²) in [7, 11) is 0. The van der Waals surface area contributed by atoms with E-state index in [4.69, 9.17) is 4.74 Å². The van der Waals surface area contributed by atoms with Gasteiger partial charge in [-0.3, -0.25) is 9.59 Å². The minimum Gasteiger partial charge on any atom is -0.444 e. The number of carbonyl (C=O) groups excluding carboxylic acids is 3. The van der Waals surface area contributed by atoms with E-state index in [0.717, 1.165) is 47.9 Å². The summed E-state index contributed by atoms with van der Waals surface area (Å²) in [6, 6.07) is 13.8. The Bertz CT molecular complexity index is 1080. The number of aryl methyl sites for hydroxylation is 2. The molecule has 0 spiro atoms. The Morgan fingerprint density at radius 1 is 1.00 bits per heavy atom. The molecule has 0 saturated carbocycles. The first kappa shape index (κ1) is 32.2. The summed E-state index contributed by atoms with van der Waals surface area (Å²) in [4.78, 5) is 42.1. The maximum absolute atomic E-state index is 14.1. The van der Waals surface area contributed by atoms with Gasteiger partial charge in [0, 0.05) is 18.8 Å². The molecule has 2 aromatic carbocycles. The molecule has 0 saturated heterocycles. The first-order valence-corrected chi connectivity index (χ1v) is 14.4. The molecular formula is C31H45N3O4S. The van der Waals surface area contributed by atoms with E-state index in [1.165, 1.54) is 0 Å². The zero-order valence-corrected chi connectivity index (χ0v) is 25.1. The van der Waals surface area contributed by atoms with Crippen LogP contribution >= 0.6 is 12.6 Å². The Kier molecular flexibility index (Phi) is 12.8. The van der Waals surface area contributed by atoms with Crippen LogP contribution in [0.2, 0.25) is 0 Å². The summed E-state index contributed by atoms with van der Waals surface area (Å²) >= 11 is 4.38. The zero-order valence-electron chi connectivity index (χ0n) is 24.3. The summed E-state index contributed by atoms with van der Waals surface area (Å²) < 4.78 is 5.39. The predicted molar refractivity (Wildman–Crippen MR) is 160 cm³/mol. The van der Waals surface area contributed by atoms with Crippen LogP contribution in [0, 0.1) is 13.8 Å². The number of ether oxygens (including phenoxy) is 1. The third-order valence-electron chi connectivity index (χ3n) is 6.31. The van der Waals surface area contributed by atoms with Gasteiger partial charge in [-0.1, -0.05) is 80.3 Å². The van der Waals surface area contributed by atoms with Crippen molar-refractivity contribution in [3.05, 3.63) is 70.8 Å². The molecule has 0 aliphatic carbocycles. The summed E-state index contributed by atoms with van der Waals surface area (Å²) in [5, 5.41) is 5.72. The van der Waals surface area contributed by atoms with Crippen molar-refractivity contribution < 1.29 is 19.1 Å². The van der Waals surface area contributed by atoms with E-state index in [0.29, 0.717) is 13.1 Å². The van der Waals surface area contributed by atoms with Gasteiger partial charge in [0.15, 0.2) is 0 Å². The fourth-order valence-electron chi connectivity index (χ4n) is 4.30. The molecule has 3 amide bonds. The maximum Gasteiger partial charge on any atom is 0.408 e. The largest absolute Gasteiger partial charge is 0.444 e. The first-order chi connectivity index (χ1) is 18.5. The standard InChI is InChI=1S/C31H45N3O4S/c1-7-8-9-13-18-34(29(36)26(21-39)33-30(37)38-31(4,5)6)27(25-19-22(2)16-17-23(25)3)28(35)32-20-24-14-11-10-12-15-24/h10-12,14-17,19,26-27,39H,7-9,13,18,20-21H2,1-6H3,(H,32,35)(H,33,37). The molecule has 2 rings (SSSR count). The first-order valence-electron chi connectivity index (χ1n) is 13.8. The minimum absolute atomic E-state index is 0.0642. The van der Waals surface area contributed by atoms with Crippen LogP contribution < -0.4 is 10.6 Å². The van der Waals surface area contributed by atoms with E-state index >= 15 is 0 Å². The molecule has 0 aliphatic heterocycles. The van der Waals surface area contributed by atoms with Crippen molar-refractivity contribution in [2.75, 3.05) is 12.3 Å². The van der Waals surface area contributed by atoms with Crippen LogP contribution in [-0.4, -0.2) is 46.7 Å². The molecule has 214 valence electrons. The average Bonchev–Trinajstić information content (AvgIpc) is 2.88. The highest BCUT2D eigenvalue weighted by Gasteiger charge is 2.36. The molecule has 8 heteroatoms. The Balaban J connectivity index is 2.46. The lowest BCUT2D eigenvalue weighted by Crippen LogP contribution is -2.54. The fraction of sp³-hybridized carbons (Fsp3) is 0.516. The summed E-state index contributed by atoms with van der Waals surface area (Å²) in [5.74, 6) is -0.575. The van der Waals surface area contributed by atoms with Gasteiger partial charge in [0.05, 0.1) is 0 Å².